The molecule has 3 aromatic rings. The third kappa shape index (κ3) is 4.26. The number of hydrogen-bond acceptors (Lipinski definition) is 6. The predicted molar refractivity (Wildman–Crippen MR) is 106 cm³/mol. The fourth-order valence-electron chi connectivity index (χ4n) is 3.41. The third-order valence-corrected chi connectivity index (χ3v) is 5.42. The second-order valence-corrected chi connectivity index (χ2v) is 7.98. The maximum Gasteiger partial charge on any atom is 0.226 e. The molecule has 6 nitrogen and oxygen atoms in total. The first-order valence-electron chi connectivity index (χ1n) is 10.5. The van der Waals surface area contributed by atoms with Crippen LogP contribution < -0.4 is 5.32 Å². The Kier molecular flexibility index (Phi) is 4.85. The largest absolute Gasteiger partial charge is 0.440 e. The van der Waals surface area contributed by atoms with Crippen LogP contribution >= 0.6 is 0 Å². The molecule has 0 bridgehead atoms. The lowest BCUT2D eigenvalue weighted by Crippen LogP contribution is -2.01. The molecule has 28 heavy (non-hydrogen) atoms. The maximum atomic E-state index is 5.91. The Morgan fingerprint density at radius 2 is 1.93 bits per heavy atom. The quantitative estimate of drug-likeness (QED) is 0.482. The molecular weight excluding hydrogens is 352 g/mol. The average Bonchev–Trinajstić information content (AvgIpc) is 3.66. The molecule has 0 radical (unpaired) electrons. The number of unbranched alkanes of at least 4 members (excludes halogenated alkanes) is 2. The number of aryl methyl sites for hydroxylation is 1. The number of oxazole rings is 1. The van der Waals surface area contributed by atoms with Crippen molar-refractivity contribution in [3.8, 4) is 11.3 Å². The highest BCUT2D eigenvalue weighted by Gasteiger charge is 2.29. The van der Waals surface area contributed by atoms with Crippen molar-refractivity contribution in [3.63, 3.8) is 0 Å². The molecule has 2 fully saturated rings. The van der Waals surface area contributed by atoms with Gasteiger partial charge in [-0.1, -0.05) is 23.7 Å². The topological polar surface area (TPSA) is 77.0 Å². The van der Waals surface area contributed by atoms with E-state index in [1.54, 1.807) is 0 Å². The summed E-state index contributed by atoms with van der Waals surface area (Å²) in [5.74, 6) is 4.56. The molecule has 0 atom stereocenters. The average molecular weight is 378 g/mol. The van der Waals surface area contributed by atoms with Crippen molar-refractivity contribution in [2.75, 3.05) is 11.9 Å². The Balaban J connectivity index is 1.05. The molecule has 5 rings (SSSR count). The van der Waals surface area contributed by atoms with Gasteiger partial charge in [0.15, 0.2) is 17.5 Å². The van der Waals surface area contributed by atoms with Crippen molar-refractivity contribution in [2.24, 2.45) is 0 Å². The Hall–Kier alpha value is -2.63. The molecule has 146 valence electrons. The molecule has 2 aliphatic carbocycles. The van der Waals surface area contributed by atoms with Crippen molar-refractivity contribution in [2.45, 2.75) is 63.2 Å². The van der Waals surface area contributed by atoms with Gasteiger partial charge in [-0.15, -0.1) is 0 Å². The molecule has 2 saturated carbocycles. The van der Waals surface area contributed by atoms with Crippen molar-refractivity contribution in [1.82, 2.24) is 15.1 Å². The van der Waals surface area contributed by atoms with Crippen LogP contribution in [0.15, 0.2) is 39.4 Å². The van der Waals surface area contributed by atoms with Crippen molar-refractivity contribution >= 4 is 5.69 Å². The van der Waals surface area contributed by atoms with E-state index in [-0.39, 0.29) is 0 Å². The van der Waals surface area contributed by atoms with Gasteiger partial charge >= 0.3 is 0 Å². The van der Waals surface area contributed by atoms with Gasteiger partial charge < -0.3 is 14.3 Å². The summed E-state index contributed by atoms with van der Waals surface area (Å²) >= 11 is 0. The Labute approximate surface area is 164 Å². The highest BCUT2D eigenvalue weighted by atomic mass is 16.5. The van der Waals surface area contributed by atoms with Gasteiger partial charge in [-0.25, -0.2) is 4.98 Å². The van der Waals surface area contributed by atoms with E-state index in [4.69, 9.17) is 8.94 Å². The number of nitrogens with one attached hydrogen (secondary N) is 1. The zero-order valence-electron chi connectivity index (χ0n) is 16.1. The SMILES string of the molecule is c1cc(NCCCCCc2nc(C3CC3)no2)cc(-c2cnc(C3CC3)o2)c1. The molecule has 2 aromatic heterocycles. The summed E-state index contributed by atoms with van der Waals surface area (Å²) < 4.78 is 11.2. The fourth-order valence-corrected chi connectivity index (χ4v) is 3.41. The van der Waals surface area contributed by atoms with E-state index in [2.05, 4.69) is 44.7 Å². The van der Waals surface area contributed by atoms with Gasteiger partial charge in [0.2, 0.25) is 5.89 Å². The van der Waals surface area contributed by atoms with Gasteiger partial charge in [0.1, 0.15) is 0 Å². The lowest BCUT2D eigenvalue weighted by Gasteiger charge is -2.07. The Morgan fingerprint density at radius 1 is 1.04 bits per heavy atom. The first-order valence-corrected chi connectivity index (χ1v) is 10.5. The first kappa shape index (κ1) is 17.5. The van der Waals surface area contributed by atoms with Crippen LogP contribution in [-0.2, 0) is 6.42 Å². The molecule has 0 unspecified atom stereocenters. The molecular formula is C22H26N4O2. The van der Waals surface area contributed by atoms with Crippen molar-refractivity contribution in [3.05, 3.63) is 48.1 Å². The predicted octanol–water partition coefficient (Wildman–Crippen LogP) is 5.30. The van der Waals surface area contributed by atoms with Crippen LogP contribution in [-0.4, -0.2) is 21.7 Å². The molecule has 2 heterocycles. The van der Waals surface area contributed by atoms with E-state index >= 15 is 0 Å². The van der Waals surface area contributed by atoms with Gasteiger partial charge in [0, 0.05) is 36.1 Å². The van der Waals surface area contributed by atoms with E-state index in [0.29, 0.717) is 11.8 Å². The Bertz CT molecular complexity index is 924. The van der Waals surface area contributed by atoms with E-state index in [0.717, 1.165) is 66.8 Å². The van der Waals surface area contributed by atoms with Crippen LogP contribution in [0.5, 0.6) is 0 Å². The zero-order valence-corrected chi connectivity index (χ0v) is 16.1. The van der Waals surface area contributed by atoms with E-state index < -0.39 is 0 Å². The molecule has 6 heteroatoms. The Morgan fingerprint density at radius 3 is 2.79 bits per heavy atom. The zero-order chi connectivity index (χ0) is 18.8. The van der Waals surface area contributed by atoms with E-state index in [1.807, 2.05) is 6.20 Å². The number of aromatic nitrogens is 3. The summed E-state index contributed by atoms with van der Waals surface area (Å²) in [6.45, 7) is 0.949. The summed E-state index contributed by atoms with van der Waals surface area (Å²) in [6, 6.07) is 8.36. The van der Waals surface area contributed by atoms with Gasteiger partial charge in [0.25, 0.3) is 0 Å². The monoisotopic (exact) mass is 378 g/mol. The summed E-state index contributed by atoms with van der Waals surface area (Å²) in [5, 5.41) is 7.58. The van der Waals surface area contributed by atoms with Gasteiger partial charge in [-0.05, 0) is 50.7 Å². The van der Waals surface area contributed by atoms with Crippen LogP contribution in [0.3, 0.4) is 0 Å². The van der Waals surface area contributed by atoms with Crippen LogP contribution in [0, 0.1) is 0 Å². The lowest BCUT2D eigenvalue weighted by molar-refractivity contribution is 0.369. The fraction of sp³-hybridized carbons (Fsp3) is 0.500. The minimum absolute atomic E-state index is 0.544. The summed E-state index contributed by atoms with van der Waals surface area (Å²) in [4.78, 5) is 8.90. The second kappa shape index (κ2) is 7.78. The van der Waals surface area contributed by atoms with Crippen molar-refractivity contribution in [1.29, 1.82) is 0 Å². The van der Waals surface area contributed by atoms with Gasteiger partial charge in [-0.2, -0.15) is 4.98 Å². The molecule has 1 aromatic carbocycles. The first-order chi connectivity index (χ1) is 13.8. The summed E-state index contributed by atoms with van der Waals surface area (Å²) in [7, 11) is 0. The minimum Gasteiger partial charge on any atom is -0.440 e. The normalized spacial score (nSPS) is 16.4. The van der Waals surface area contributed by atoms with E-state index in [9.17, 15) is 0 Å². The summed E-state index contributed by atoms with van der Waals surface area (Å²) in [5.41, 5.74) is 2.19. The van der Waals surface area contributed by atoms with Crippen LogP contribution in [0.2, 0.25) is 0 Å². The minimum atomic E-state index is 0.544. The van der Waals surface area contributed by atoms with Crippen molar-refractivity contribution < 1.29 is 8.94 Å². The van der Waals surface area contributed by atoms with Crippen LogP contribution in [0.4, 0.5) is 5.69 Å². The standard InChI is InChI=1S/C22H26N4O2/c1(2-7-20-25-21(26-28-20)15-8-9-15)3-12-23-18-6-4-5-17(13-18)19-14-24-22(27-19)16-10-11-16/h4-6,13-16,23H,1-3,7-12H2. The molecule has 1 N–H and O–H groups in total. The number of benzene rings is 1. The third-order valence-electron chi connectivity index (χ3n) is 5.42. The second-order valence-electron chi connectivity index (χ2n) is 7.98. The van der Waals surface area contributed by atoms with Gasteiger partial charge in [-0.3, -0.25) is 0 Å². The lowest BCUT2D eigenvalue weighted by atomic mass is 10.1. The number of hydrogen-bond donors (Lipinski definition) is 1. The number of nitrogens with zero attached hydrogens (tertiary/aromatic N) is 3. The van der Waals surface area contributed by atoms with Crippen LogP contribution in [0.1, 0.15) is 74.4 Å². The molecule has 2 aliphatic rings. The van der Waals surface area contributed by atoms with Crippen LogP contribution in [0.25, 0.3) is 11.3 Å². The van der Waals surface area contributed by atoms with E-state index in [1.165, 1.54) is 25.7 Å². The van der Waals surface area contributed by atoms with Gasteiger partial charge in [0.05, 0.1) is 6.20 Å². The molecule has 0 amide bonds. The molecule has 0 saturated heterocycles. The highest BCUT2D eigenvalue weighted by Crippen LogP contribution is 2.40. The number of rotatable bonds is 10. The smallest absolute Gasteiger partial charge is 0.226 e. The number of anilines is 1. The maximum absolute atomic E-state index is 5.91. The molecule has 0 spiro atoms. The molecule has 0 aliphatic heterocycles. The summed E-state index contributed by atoms with van der Waals surface area (Å²) in [6.07, 6.45) is 10.9. The highest BCUT2D eigenvalue weighted by molar-refractivity contribution is 5.63.